The first kappa shape index (κ1) is 29.2. The highest BCUT2D eigenvalue weighted by molar-refractivity contribution is 7.92. The Balaban J connectivity index is 2.03. The first-order chi connectivity index (χ1) is 18.2. The van der Waals surface area contributed by atoms with Gasteiger partial charge in [0.1, 0.15) is 12.6 Å². The van der Waals surface area contributed by atoms with Crippen molar-refractivity contribution in [2.75, 3.05) is 17.4 Å². The normalized spacial score (nSPS) is 12.0. The number of aryl methyl sites for hydroxylation is 1. The largest absolute Gasteiger partial charge is 0.354 e. The van der Waals surface area contributed by atoms with Gasteiger partial charge in [0.15, 0.2) is 0 Å². The first-order valence-corrected chi connectivity index (χ1v) is 14.4. The minimum Gasteiger partial charge on any atom is -0.354 e. The van der Waals surface area contributed by atoms with Gasteiger partial charge < -0.3 is 10.2 Å². The van der Waals surface area contributed by atoms with Crippen LogP contribution in [0.4, 0.5) is 5.69 Å². The molecule has 3 rings (SSSR count). The van der Waals surface area contributed by atoms with Crippen molar-refractivity contribution in [3.05, 3.63) is 95.0 Å². The molecular weight excluding hydrogens is 522 g/mol. The lowest BCUT2D eigenvalue weighted by Crippen LogP contribution is -2.52. The highest BCUT2D eigenvalue weighted by Gasteiger charge is 2.33. The second-order valence-electron chi connectivity index (χ2n) is 9.02. The Morgan fingerprint density at radius 2 is 1.55 bits per heavy atom. The van der Waals surface area contributed by atoms with Crippen LogP contribution >= 0.6 is 11.6 Å². The number of anilines is 1. The summed E-state index contributed by atoms with van der Waals surface area (Å²) in [4.78, 5) is 28.5. The zero-order valence-corrected chi connectivity index (χ0v) is 23.5. The fourth-order valence-electron chi connectivity index (χ4n) is 4.04. The number of nitrogens with one attached hydrogen (secondary N) is 1. The van der Waals surface area contributed by atoms with E-state index in [-0.39, 0.29) is 17.3 Å². The van der Waals surface area contributed by atoms with Crippen molar-refractivity contribution in [2.45, 2.75) is 51.1 Å². The minimum atomic E-state index is -4.13. The lowest BCUT2D eigenvalue weighted by molar-refractivity contribution is -0.140. The van der Waals surface area contributed by atoms with Gasteiger partial charge in [0.05, 0.1) is 10.6 Å². The van der Waals surface area contributed by atoms with E-state index >= 15 is 0 Å². The highest BCUT2D eigenvalue weighted by Crippen LogP contribution is 2.26. The Morgan fingerprint density at radius 1 is 0.921 bits per heavy atom. The standard InChI is InChI=1S/C29H34ClN3O4S/c1-4-19-31-29(35)27(5-2)32(20-23-9-7-6-8-10-23)28(34)21-33(25-15-11-22(3)12-16-25)38(36,37)26-17-13-24(30)14-18-26/h6-18,27H,4-5,19-21H2,1-3H3,(H,31,35). The average Bonchev–Trinajstić information content (AvgIpc) is 2.91. The van der Waals surface area contributed by atoms with Crippen molar-refractivity contribution in [3.63, 3.8) is 0 Å². The zero-order valence-electron chi connectivity index (χ0n) is 21.9. The van der Waals surface area contributed by atoms with Crippen LogP contribution in [0.25, 0.3) is 0 Å². The molecule has 0 aliphatic rings. The summed E-state index contributed by atoms with van der Waals surface area (Å²) in [5.74, 6) is -0.744. The van der Waals surface area contributed by atoms with Gasteiger partial charge in [0.2, 0.25) is 11.8 Å². The molecule has 3 aromatic carbocycles. The Labute approximate surface area is 230 Å². The molecule has 0 bridgehead atoms. The molecular formula is C29H34ClN3O4S. The van der Waals surface area contributed by atoms with E-state index in [0.717, 1.165) is 21.9 Å². The van der Waals surface area contributed by atoms with Gasteiger partial charge in [0, 0.05) is 18.1 Å². The third-order valence-electron chi connectivity index (χ3n) is 6.13. The molecule has 1 N–H and O–H groups in total. The van der Waals surface area contributed by atoms with Crippen LogP contribution in [-0.2, 0) is 26.2 Å². The quantitative estimate of drug-likeness (QED) is 0.334. The summed E-state index contributed by atoms with van der Waals surface area (Å²) >= 11 is 5.99. The molecule has 0 fully saturated rings. The molecule has 1 atom stereocenters. The molecule has 1 unspecified atom stereocenters. The van der Waals surface area contributed by atoms with Crippen molar-refractivity contribution in [2.24, 2.45) is 0 Å². The summed E-state index contributed by atoms with van der Waals surface area (Å²) in [7, 11) is -4.13. The molecule has 38 heavy (non-hydrogen) atoms. The number of carbonyl (C=O) groups is 2. The highest BCUT2D eigenvalue weighted by atomic mass is 35.5. The van der Waals surface area contributed by atoms with Crippen LogP contribution < -0.4 is 9.62 Å². The second-order valence-corrected chi connectivity index (χ2v) is 11.3. The smallest absolute Gasteiger partial charge is 0.264 e. The number of hydrogen-bond donors (Lipinski definition) is 1. The molecule has 0 radical (unpaired) electrons. The molecule has 0 aromatic heterocycles. The van der Waals surface area contributed by atoms with E-state index in [2.05, 4.69) is 5.32 Å². The van der Waals surface area contributed by atoms with Crippen LogP contribution in [0.2, 0.25) is 5.02 Å². The Morgan fingerprint density at radius 3 is 2.13 bits per heavy atom. The van der Waals surface area contributed by atoms with Gasteiger partial charge in [-0.05, 0) is 61.7 Å². The summed E-state index contributed by atoms with van der Waals surface area (Å²) in [6.45, 7) is 5.87. The number of sulfonamides is 1. The maximum Gasteiger partial charge on any atom is 0.264 e. The number of benzene rings is 3. The van der Waals surface area contributed by atoms with Gasteiger partial charge in [-0.1, -0.05) is 73.5 Å². The van der Waals surface area contributed by atoms with Crippen molar-refractivity contribution in [1.29, 1.82) is 0 Å². The summed E-state index contributed by atoms with van der Waals surface area (Å²) in [6, 6.07) is 21.3. The first-order valence-electron chi connectivity index (χ1n) is 12.6. The number of hydrogen-bond acceptors (Lipinski definition) is 4. The summed E-state index contributed by atoms with van der Waals surface area (Å²) in [5.41, 5.74) is 2.14. The molecule has 9 heteroatoms. The maximum atomic E-state index is 13.9. The predicted octanol–water partition coefficient (Wildman–Crippen LogP) is 5.18. The van der Waals surface area contributed by atoms with Gasteiger partial charge in [0.25, 0.3) is 10.0 Å². The van der Waals surface area contributed by atoms with Crippen LogP contribution in [0, 0.1) is 6.92 Å². The van der Waals surface area contributed by atoms with Crippen molar-refractivity contribution < 1.29 is 18.0 Å². The van der Waals surface area contributed by atoms with E-state index in [1.165, 1.54) is 29.2 Å². The fourth-order valence-corrected chi connectivity index (χ4v) is 5.58. The van der Waals surface area contributed by atoms with Crippen molar-refractivity contribution in [3.8, 4) is 0 Å². The van der Waals surface area contributed by atoms with E-state index in [9.17, 15) is 18.0 Å². The second kappa shape index (κ2) is 13.4. The van der Waals surface area contributed by atoms with Gasteiger partial charge in [-0.15, -0.1) is 0 Å². The maximum absolute atomic E-state index is 13.9. The van der Waals surface area contributed by atoms with Crippen LogP contribution in [0.15, 0.2) is 83.8 Å². The number of nitrogens with zero attached hydrogens (tertiary/aromatic N) is 2. The number of amides is 2. The van der Waals surface area contributed by atoms with Crippen molar-refractivity contribution in [1.82, 2.24) is 10.2 Å². The van der Waals surface area contributed by atoms with Crippen molar-refractivity contribution >= 4 is 39.1 Å². The van der Waals surface area contributed by atoms with Crippen LogP contribution in [0.3, 0.4) is 0 Å². The third-order valence-corrected chi connectivity index (χ3v) is 8.17. The molecule has 202 valence electrons. The topological polar surface area (TPSA) is 86.8 Å². The van der Waals surface area contributed by atoms with Crippen LogP contribution in [0.5, 0.6) is 0 Å². The van der Waals surface area contributed by atoms with E-state index in [4.69, 9.17) is 11.6 Å². The number of rotatable bonds is 12. The molecule has 2 amide bonds. The summed E-state index contributed by atoms with van der Waals surface area (Å²) < 4.78 is 28.7. The van der Waals surface area contributed by atoms with E-state index in [1.54, 1.807) is 24.3 Å². The SMILES string of the molecule is CCCNC(=O)C(CC)N(Cc1ccccc1)C(=O)CN(c1ccc(C)cc1)S(=O)(=O)c1ccc(Cl)cc1. The summed E-state index contributed by atoms with van der Waals surface area (Å²) in [6.07, 6.45) is 1.14. The molecule has 0 aliphatic carbocycles. The number of carbonyl (C=O) groups excluding carboxylic acids is 2. The summed E-state index contributed by atoms with van der Waals surface area (Å²) in [5, 5.41) is 3.28. The van der Waals surface area contributed by atoms with E-state index < -0.39 is 28.5 Å². The van der Waals surface area contributed by atoms with Gasteiger partial charge in [-0.3, -0.25) is 13.9 Å². The van der Waals surface area contributed by atoms with Crippen LogP contribution in [-0.4, -0.2) is 44.3 Å². The zero-order chi connectivity index (χ0) is 27.7. The molecule has 0 saturated heterocycles. The molecule has 0 heterocycles. The molecule has 0 spiro atoms. The molecule has 0 aliphatic heterocycles. The fraction of sp³-hybridized carbons (Fsp3) is 0.310. The Kier molecular flexibility index (Phi) is 10.3. The van der Waals surface area contributed by atoms with E-state index in [0.29, 0.717) is 23.7 Å². The van der Waals surface area contributed by atoms with Gasteiger partial charge in [-0.2, -0.15) is 0 Å². The average molecular weight is 556 g/mol. The predicted molar refractivity (Wildman–Crippen MR) is 152 cm³/mol. The third kappa shape index (κ3) is 7.36. The monoisotopic (exact) mass is 555 g/mol. The molecule has 3 aromatic rings. The number of halogens is 1. The van der Waals surface area contributed by atoms with Gasteiger partial charge >= 0.3 is 0 Å². The molecule has 7 nitrogen and oxygen atoms in total. The van der Waals surface area contributed by atoms with Gasteiger partial charge in [-0.25, -0.2) is 8.42 Å². The Bertz CT molecular complexity index is 1310. The molecule has 0 saturated carbocycles. The lowest BCUT2D eigenvalue weighted by atomic mass is 10.1. The minimum absolute atomic E-state index is 0.0117. The lowest BCUT2D eigenvalue weighted by Gasteiger charge is -2.33. The Hall–Kier alpha value is -3.36. The van der Waals surface area contributed by atoms with Crippen LogP contribution in [0.1, 0.15) is 37.8 Å². The van der Waals surface area contributed by atoms with E-state index in [1.807, 2.05) is 51.1 Å².